The maximum atomic E-state index is 12.7. The third-order valence-corrected chi connectivity index (χ3v) is 7.44. The van der Waals surface area contributed by atoms with Crippen molar-refractivity contribution in [1.29, 1.82) is 0 Å². The van der Waals surface area contributed by atoms with Gasteiger partial charge in [0.25, 0.3) is 0 Å². The van der Waals surface area contributed by atoms with Gasteiger partial charge in [-0.2, -0.15) is 0 Å². The molecule has 3 aromatic rings. The van der Waals surface area contributed by atoms with Crippen LogP contribution in [0, 0.1) is 44.1 Å². The van der Waals surface area contributed by atoms with E-state index < -0.39 is 11.2 Å². The van der Waals surface area contributed by atoms with E-state index in [1.54, 1.807) is 30.5 Å². The molecule has 1 amide bonds. The maximum Gasteiger partial charge on any atom is 0.410 e. The molecule has 1 fully saturated rings. The van der Waals surface area contributed by atoms with Gasteiger partial charge in [-0.3, -0.25) is 9.88 Å². The van der Waals surface area contributed by atoms with Gasteiger partial charge < -0.3 is 19.3 Å². The number of aromatic nitrogens is 3. The van der Waals surface area contributed by atoms with E-state index in [9.17, 15) is 9.90 Å². The summed E-state index contributed by atoms with van der Waals surface area (Å²) in [6, 6.07) is 9.58. The molecule has 0 saturated carbocycles. The Labute approximate surface area is 270 Å². The second-order valence-electron chi connectivity index (χ2n) is 11.1. The number of hydrogen-bond donors (Lipinski definition) is 1. The summed E-state index contributed by atoms with van der Waals surface area (Å²) in [6.45, 7) is 9.81. The van der Waals surface area contributed by atoms with Crippen molar-refractivity contribution < 1.29 is 58.7 Å². The van der Waals surface area contributed by atoms with Crippen LogP contribution in [0.2, 0.25) is 5.02 Å². The zero-order valence-electron chi connectivity index (χ0n) is 23.1. The van der Waals surface area contributed by atoms with Crippen molar-refractivity contribution in [2.24, 2.45) is 7.05 Å². The fourth-order valence-corrected chi connectivity index (χ4v) is 5.56. The van der Waals surface area contributed by atoms with Crippen LogP contribution in [0.15, 0.2) is 49.1 Å². The second kappa shape index (κ2) is 11.6. The molecule has 2 atom stereocenters. The van der Waals surface area contributed by atoms with Crippen molar-refractivity contribution in [1.82, 2.24) is 24.3 Å². The molecule has 203 valence electrons. The number of rotatable bonds is 3. The number of imidazole rings is 1. The van der Waals surface area contributed by atoms with Gasteiger partial charge in [0, 0.05) is 88.5 Å². The summed E-state index contributed by atoms with van der Waals surface area (Å²) in [6.07, 6.45) is 6.90. The number of aryl methyl sites for hydroxylation is 1. The van der Waals surface area contributed by atoms with E-state index in [2.05, 4.69) is 9.88 Å². The van der Waals surface area contributed by atoms with Crippen LogP contribution in [-0.4, -0.2) is 67.3 Å². The van der Waals surface area contributed by atoms with Crippen LogP contribution < -0.4 is 0 Å². The summed E-state index contributed by atoms with van der Waals surface area (Å²) in [5.41, 5.74) is 3.21. The summed E-state index contributed by atoms with van der Waals surface area (Å²) >= 11 is 6.54. The SMILES string of the molecule is Cn1cncc1C(C)(O)C1=Cc2cccnc2C(N2CCN(C(=O)OC(C)(C)C)CC2)c2ccc(Cl)cc21.[Ac]. The molecule has 2 aliphatic rings. The maximum absolute atomic E-state index is 12.7. The first kappa shape index (κ1) is 30.2. The Hall–Kier alpha value is -1.76. The van der Waals surface area contributed by atoms with Crippen molar-refractivity contribution in [3.63, 3.8) is 0 Å². The number of carbonyl (C=O) groups is 1. The fourth-order valence-electron chi connectivity index (χ4n) is 5.39. The Morgan fingerprint density at radius 3 is 2.49 bits per heavy atom. The predicted molar refractivity (Wildman–Crippen MR) is 148 cm³/mol. The molecule has 2 aromatic heterocycles. The van der Waals surface area contributed by atoms with Crippen LogP contribution in [0.4, 0.5) is 4.79 Å². The first-order valence-electron chi connectivity index (χ1n) is 12.8. The minimum Gasteiger partial charge on any atom is -0.444 e. The van der Waals surface area contributed by atoms with Gasteiger partial charge in [-0.15, -0.1) is 0 Å². The van der Waals surface area contributed by atoms with Crippen molar-refractivity contribution in [2.45, 2.75) is 44.9 Å². The van der Waals surface area contributed by atoms with E-state index in [4.69, 9.17) is 21.3 Å². The van der Waals surface area contributed by atoms with Crippen LogP contribution in [0.5, 0.6) is 0 Å². The topological polar surface area (TPSA) is 83.7 Å². The average Bonchev–Trinajstić information content (AvgIpc) is 3.24. The first-order valence-corrected chi connectivity index (χ1v) is 13.2. The molecule has 2 unspecified atom stereocenters. The van der Waals surface area contributed by atoms with E-state index in [1.165, 1.54) is 0 Å². The van der Waals surface area contributed by atoms with Gasteiger partial charge in [0.15, 0.2) is 0 Å². The van der Waals surface area contributed by atoms with Crippen molar-refractivity contribution >= 4 is 29.3 Å². The van der Waals surface area contributed by atoms with Gasteiger partial charge in [0.05, 0.1) is 30.0 Å². The van der Waals surface area contributed by atoms with Gasteiger partial charge in [-0.1, -0.05) is 23.7 Å². The van der Waals surface area contributed by atoms with E-state index in [0.29, 0.717) is 36.9 Å². The Kier molecular flexibility index (Phi) is 9.00. The summed E-state index contributed by atoms with van der Waals surface area (Å²) < 4.78 is 7.43. The molecule has 39 heavy (non-hydrogen) atoms. The molecule has 1 saturated heterocycles. The largest absolute Gasteiger partial charge is 0.444 e. The van der Waals surface area contributed by atoms with Crippen LogP contribution in [0.25, 0.3) is 11.6 Å². The second-order valence-corrected chi connectivity index (χ2v) is 11.6. The van der Waals surface area contributed by atoms with Gasteiger partial charge in [0.1, 0.15) is 11.2 Å². The van der Waals surface area contributed by atoms with Gasteiger partial charge in [0.2, 0.25) is 0 Å². The van der Waals surface area contributed by atoms with E-state index in [0.717, 1.165) is 28.0 Å². The molecule has 5 rings (SSSR count). The Bertz CT molecular complexity index is 1390. The molecule has 10 heteroatoms. The summed E-state index contributed by atoms with van der Waals surface area (Å²) in [5, 5.41) is 12.6. The standard InChI is InChI=1S/C29H34ClN5O3.Ac/c1-28(2,3)38-27(36)35-13-11-34(12-14-35)26-21-9-8-20(30)16-22(21)23(15-19-7-6-10-32-25(19)26)29(4,37)24-17-31-18-33(24)5;/h6-10,15-18,26,37H,11-14H2,1-5H3;. The zero-order valence-corrected chi connectivity index (χ0v) is 28.6. The third kappa shape index (κ3) is 6.13. The number of nitrogens with zero attached hydrogens (tertiary/aromatic N) is 5. The molecule has 1 aliphatic carbocycles. The quantitative estimate of drug-likeness (QED) is 0.411. The van der Waals surface area contributed by atoms with Crippen molar-refractivity contribution in [3.8, 4) is 0 Å². The number of ether oxygens (including phenoxy) is 1. The van der Waals surface area contributed by atoms with Crippen molar-refractivity contribution in [2.75, 3.05) is 26.2 Å². The molecule has 8 nitrogen and oxygen atoms in total. The zero-order chi connectivity index (χ0) is 27.2. The minimum absolute atomic E-state index is 0. The number of benzene rings is 1. The average molecular weight is 763 g/mol. The molecule has 0 spiro atoms. The van der Waals surface area contributed by atoms with Crippen LogP contribution >= 0.6 is 11.6 Å². The molecule has 3 heterocycles. The number of carbonyl (C=O) groups excluding carboxylic acids is 1. The van der Waals surface area contributed by atoms with Crippen LogP contribution in [0.3, 0.4) is 0 Å². The number of halogens is 1. The molecule has 1 N–H and O–H groups in total. The van der Waals surface area contributed by atoms with Crippen molar-refractivity contribution in [3.05, 3.63) is 82.2 Å². The number of pyridine rings is 1. The number of aliphatic hydroxyl groups is 1. The van der Waals surface area contributed by atoms with E-state index in [-0.39, 0.29) is 56.2 Å². The number of hydrogen-bond acceptors (Lipinski definition) is 6. The molecular weight excluding hydrogens is 729 g/mol. The first-order chi connectivity index (χ1) is 18.0. The number of piperazine rings is 1. The van der Waals surface area contributed by atoms with E-state index >= 15 is 0 Å². The molecule has 1 aliphatic heterocycles. The van der Waals surface area contributed by atoms with Crippen LogP contribution in [-0.2, 0) is 17.4 Å². The minimum atomic E-state index is -1.35. The third-order valence-electron chi connectivity index (χ3n) is 7.20. The van der Waals surface area contributed by atoms with Gasteiger partial charge in [-0.05, 0) is 74.2 Å². The van der Waals surface area contributed by atoms with Gasteiger partial charge >= 0.3 is 6.09 Å². The summed E-state index contributed by atoms with van der Waals surface area (Å²) in [7, 11) is 1.87. The Balaban J connectivity index is 0.00000353. The molecule has 1 aromatic carbocycles. The molecule has 0 bridgehead atoms. The monoisotopic (exact) mass is 762 g/mol. The number of fused-ring (bicyclic) bond motifs is 2. The number of amides is 1. The normalized spacial score (nSPS) is 19.1. The predicted octanol–water partition coefficient (Wildman–Crippen LogP) is 4.87. The smallest absolute Gasteiger partial charge is 0.410 e. The Morgan fingerprint density at radius 1 is 1.13 bits per heavy atom. The molecular formula is C29H34AcClN5O3. The summed E-state index contributed by atoms with van der Waals surface area (Å²) in [5.74, 6) is 0. The van der Waals surface area contributed by atoms with Crippen LogP contribution in [0.1, 0.15) is 61.8 Å². The van der Waals surface area contributed by atoms with E-state index in [1.807, 2.05) is 68.8 Å². The summed E-state index contributed by atoms with van der Waals surface area (Å²) in [4.78, 5) is 25.9. The van der Waals surface area contributed by atoms with Gasteiger partial charge in [-0.25, -0.2) is 9.78 Å². The molecule has 1 radical (unpaired) electrons. The Morgan fingerprint density at radius 2 is 1.85 bits per heavy atom. The fraction of sp³-hybridized carbons (Fsp3) is 0.414.